The molecule has 0 amide bonds. The van der Waals surface area contributed by atoms with Gasteiger partial charge in [0.1, 0.15) is 19.8 Å². The topological polar surface area (TPSA) is 111 Å². The number of phosphoric acid groups is 1. The highest BCUT2D eigenvalue weighted by Crippen LogP contribution is 2.38. The molecule has 0 aliphatic heterocycles. The first kappa shape index (κ1) is 52.0. The first-order valence-electron chi connectivity index (χ1n) is 21.3. The van der Waals surface area contributed by atoms with Crippen LogP contribution in [0.2, 0.25) is 0 Å². The van der Waals surface area contributed by atoms with E-state index in [0.29, 0.717) is 23.9 Å². The van der Waals surface area contributed by atoms with Crippen LogP contribution < -0.4 is 4.89 Å². The van der Waals surface area contributed by atoms with Gasteiger partial charge in [0, 0.05) is 12.8 Å². The van der Waals surface area contributed by atoms with Gasteiger partial charge >= 0.3 is 11.9 Å². The zero-order chi connectivity index (χ0) is 40.0. The van der Waals surface area contributed by atoms with E-state index in [-0.39, 0.29) is 26.1 Å². The highest BCUT2D eigenvalue weighted by Gasteiger charge is 2.21. The van der Waals surface area contributed by atoms with E-state index in [9.17, 15) is 19.0 Å². The summed E-state index contributed by atoms with van der Waals surface area (Å²) in [6.45, 7) is 4.13. The van der Waals surface area contributed by atoms with Gasteiger partial charge in [-0.2, -0.15) is 0 Å². The molecule has 0 aliphatic rings. The number of phosphoric ester groups is 1. The molecule has 0 spiro atoms. The molecule has 0 fully saturated rings. The first-order chi connectivity index (χ1) is 26.0. The van der Waals surface area contributed by atoms with Crippen LogP contribution >= 0.6 is 7.82 Å². The average molecular weight is 782 g/mol. The third-order valence-electron chi connectivity index (χ3n) is 8.82. The Hall–Kier alpha value is -2.03. The molecule has 0 aromatic rings. The van der Waals surface area contributed by atoms with E-state index in [2.05, 4.69) is 62.5 Å². The third kappa shape index (κ3) is 39.7. The van der Waals surface area contributed by atoms with E-state index >= 15 is 0 Å². The molecule has 0 saturated carbocycles. The molecule has 54 heavy (non-hydrogen) atoms. The minimum absolute atomic E-state index is 0.0376. The summed E-state index contributed by atoms with van der Waals surface area (Å²) in [5, 5.41) is 0. The van der Waals surface area contributed by atoms with Crippen molar-refractivity contribution in [1.82, 2.24) is 0 Å². The summed E-state index contributed by atoms with van der Waals surface area (Å²) in [4.78, 5) is 37.5. The van der Waals surface area contributed by atoms with E-state index in [1.807, 2.05) is 21.1 Å². The summed E-state index contributed by atoms with van der Waals surface area (Å²) in [6.07, 6.45) is 41.3. The number of ether oxygens (including phenoxy) is 2. The maximum absolute atomic E-state index is 12.6. The highest BCUT2D eigenvalue weighted by atomic mass is 31.2. The smallest absolute Gasteiger partial charge is 0.306 e. The molecule has 314 valence electrons. The fraction of sp³-hybridized carbons (Fsp3) is 0.773. The Kier molecular flexibility index (Phi) is 35.2. The summed E-state index contributed by atoms with van der Waals surface area (Å²) in [7, 11) is 1.14. The lowest BCUT2D eigenvalue weighted by molar-refractivity contribution is -0.870. The number of carbonyl (C=O) groups excluding carboxylic acids is 2. The van der Waals surface area contributed by atoms with Gasteiger partial charge < -0.3 is 27.9 Å². The molecule has 0 radical (unpaired) electrons. The van der Waals surface area contributed by atoms with Crippen LogP contribution in [0.5, 0.6) is 0 Å². The maximum Gasteiger partial charge on any atom is 0.306 e. The number of rotatable bonds is 38. The van der Waals surface area contributed by atoms with Crippen molar-refractivity contribution in [1.29, 1.82) is 0 Å². The van der Waals surface area contributed by atoms with E-state index < -0.39 is 32.5 Å². The van der Waals surface area contributed by atoms with Crippen LogP contribution in [-0.2, 0) is 32.7 Å². The normalized spacial score (nSPS) is 14.1. The predicted molar refractivity (Wildman–Crippen MR) is 222 cm³/mol. The zero-order valence-corrected chi connectivity index (χ0v) is 36.0. The van der Waals surface area contributed by atoms with Crippen LogP contribution in [0.15, 0.2) is 48.6 Å². The van der Waals surface area contributed by atoms with Gasteiger partial charge in [0.2, 0.25) is 0 Å². The molecular weight excluding hydrogens is 701 g/mol. The summed E-state index contributed by atoms with van der Waals surface area (Å²) in [6, 6.07) is 0. The van der Waals surface area contributed by atoms with Crippen molar-refractivity contribution < 1.29 is 42.1 Å². The van der Waals surface area contributed by atoms with Gasteiger partial charge in [-0.3, -0.25) is 14.2 Å². The monoisotopic (exact) mass is 782 g/mol. The van der Waals surface area contributed by atoms with E-state index in [0.717, 1.165) is 77.0 Å². The Balaban J connectivity index is 4.44. The van der Waals surface area contributed by atoms with Gasteiger partial charge in [-0.1, -0.05) is 127 Å². The molecule has 2 atom stereocenters. The zero-order valence-electron chi connectivity index (χ0n) is 35.2. The quantitative estimate of drug-likeness (QED) is 0.0200. The maximum atomic E-state index is 12.6. The number of hydrogen-bond acceptors (Lipinski definition) is 8. The fourth-order valence-electron chi connectivity index (χ4n) is 5.42. The Morgan fingerprint density at radius 2 is 1.00 bits per heavy atom. The molecule has 0 N–H and O–H groups in total. The van der Waals surface area contributed by atoms with Crippen molar-refractivity contribution in [2.45, 2.75) is 174 Å². The number of allylic oxidation sites excluding steroid dienone is 8. The Bertz CT molecular complexity index is 1070. The van der Waals surface area contributed by atoms with Gasteiger partial charge in [-0.05, 0) is 77.0 Å². The summed E-state index contributed by atoms with van der Waals surface area (Å²) in [5.74, 6) is -0.870. The minimum Gasteiger partial charge on any atom is -0.756 e. The van der Waals surface area contributed by atoms with Crippen LogP contribution in [0.1, 0.15) is 168 Å². The molecule has 0 aromatic heterocycles. The molecule has 2 unspecified atom stereocenters. The van der Waals surface area contributed by atoms with Crippen molar-refractivity contribution in [2.75, 3.05) is 47.5 Å². The number of esters is 2. The number of hydrogen-bond donors (Lipinski definition) is 0. The third-order valence-corrected chi connectivity index (χ3v) is 9.79. The largest absolute Gasteiger partial charge is 0.756 e. The summed E-state index contributed by atoms with van der Waals surface area (Å²) < 4.78 is 33.8. The van der Waals surface area contributed by atoms with Crippen molar-refractivity contribution in [3.8, 4) is 0 Å². The number of quaternary nitrogens is 1. The second-order valence-corrected chi connectivity index (χ2v) is 16.8. The lowest BCUT2D eigenvalue weighted by atomic mass is 10.1. The second-order valence-electron chi connectivity index (χ2n) is 15.3. The van der Waals surface area contributed by atoms with Crippen LogP contribution in [0.4, 0.5) is 0 Å². The van der Waals surface area contributed by atoms with Crippen LogP contribution in [-0.4, -0.2) is 70.0 Å². The SMILES string of the molecule is CCCCCC=CCC=CCCCCCCCC(=O)OCC(COP(=O)([O-])OCC[N+](C)(C)C)OC(=O)CCCCCCCC=CCC=CCCCCC. The fourth-order valence-corrected chi connectivity index (χ4v) is 6.15. The molecule has 10 heteroatoms. The second kappa shape index (κ2) is 36.6. The Morgan fingerprint density at radius 1 is 0.574 bits per heavy atom. The van der Waals surface area contributed by atoms with Crippen LogP contribution in [0, 0.1) is 0 Å². The van der Waals surface area contributed by atoms with Crippen molar-refractivity contribution >= 4 is 19.8 Å². The van der Waals surface area contributed by atoms with Crippen LogP contribution in [0.25, 0.3) is 0 Å². The molecule has 0 aliphatic carbocycles. The van der Waals surface area contributed by atoms with Gasteiger partial charge in [0.25, 0.3) is 7.82 Å². The summed E-state index contributed by atoms with van der Waals surface area (Å²) in [5.41, 5.74) is 0. The molecule has 0 bridgehead atoms. The molecule has 0 heterocycles. The lowest BCUT2D eigenvalue weighted by Crippen LogP contribution is -2.37. The van der Waals surface area contributed by atoms with E-state index in [1.165, 1.54) is 51.4 Å². The molecule has 9 nitrogen and oxygen atoms in total. The molecular formula is C44H80NO8P. The standard InChI is InChI=1S/C44H80NO8P/c1-6-8-10-12-14-16-18-20-22-24-26-28-30-32-34-36-43(46)50-40-42(41-52-54(48,49)51-39-38-45(3,4)5)53-44(47)37-35-33-31-29-27-25-23-21-19-17-15-13-11-9-7-2/h14-17,20-23,42H,6-13,18-19,24-41H2,1-5H3. The molecule has 0 saturated heterocycles. The highest BCUT2D eigenvalue weighted by molar-refractivity contribution is 7.45. The van der Waals surface area contributed by atoms with E-state index in [1.54, 1.807) is 0 Å². The van der Waals surface area contributed by atoms with Crippen molar-refractivity contribution in [2.24, 2.45) is 0 Å². The summed E-state index contributed by atoms with van der Waals surface area (Å²) >= 11 is 0. The molecule has 0 rings (SSSR count). The van der Waals surface area contributed by atoms with Gasteiger partial charge in [-0.15, -0.1) is 0 Å². The average Bonchev–Trinajstić information content (AvgIpc) is 3.12. The first-order valence-corrected chi connectivity index (χ1v) is 22.8. The number of likely N-dealkylation sites (N-methyl/N-ethyl adjacent to an activating group) is 1. The predicted octanol–water partition coefficient (Wildman–Crippen LogP) is 11.3. The number of carbonyl (C=O) groups is 2. The number of unbranched alkanes of at least 4 members (excludes halogenated alkanes) is 16. The Labute approximate surface area is 331 Å². The van der Waals surface area contributed by atoms with Gasteiger partial charge in [0.05, 0.1) is 27.7 Å². The molecule has 0 aromatic carbocycles. The number of nitrogens with zero attached hydrogens (tertiary/aromatic N) is 1. The lowest BCUT2D eigenvalue weighted by Gasteiger charge is -2.28. The van der Waals surface area contributed by atoms with Gasteiger partial charge in [-0.25, -0.2) is 0 Å². The van der Waals surface area contributed by atoms with Crippen molar-refractivity contribution in [3.05, 3.63) is 48.6 Å². The van der Waals surface area contributed by atoms with E-state index in [4.69, 9.17) is 18.5 Å². The van der Waals surface area contributed by atoms with Gasteiger partial charge in [0.15, 0.2) is 6.10 Å². The van der Waals surface area contributed by atoms with Crippen molar-refractivity contribution in [3.63, 3.8) is 0 Å². The minimum atomic E-state index is -4.63. The van der Waals surface area contributed by atoms with Crippen LogP contribution in [0.3, 0.4) is 0 Å². The Morgan fingerprint density at radius 3 is 1.46 bits per heavy atom.